The molecule has 0 spiro atoms. The van der Waals surface area contributed by atoms with Crippen molar-refractivity contribution in [1.29, 1.82) is 5.53 Å². The summed E-state index contributed by atoms with van der Waals surface area (Å²) >= 11 is 22.6. The van der Waals surface area contributed by atoms with Crippen LogP contribution in [0, 0.1) is 5.53 Å². The summed E-state index contributed by atoms with van der Waals surface area (Å²) in [5, 5.41) is 3.00. The summed E-state index contributed by atoms with van der Waals surface area (Å²) in [6.07, 6.45) is 0. The Kier molecular flexibility index (Phi) is 2.81. The molecule has 0 saturated heterocycles. The smallest absolute Gasteiger partial charge is 0.116 e. The molecule has 1 aliphatic carbocycles. The van der Waals surface area contributed by atoms with E-state index in [2.05, 4.69) is 5.11 Å². The number of hydrogen-bond acceptors (Lipinski definition) is 2. The van der Waals surface area contributed by atoms with Crippen molar-refractivity contribution < 1.29 is 0 Å². The van der Waals surface area contributed by atoms with Gasteiger partial charge in [-0.15, -0.1) is 11.6 Å². The third kappa shape index (κ3) is 1.41. The Balaban J connectivity index is 3.14. The Morgan fingerprint density at radius 3 is 1.91 bits per heavy atom. The van der Waals surface area contributed by atoms with Gasteiger partial charge < -0.3 is 0 Å². The largest absolute Gasteiger partial charge is 0.205 e. The molecular formula is C5H2Cl4N2. The van der Waals surface area contributed by atoms with Crippen molar-refractivity contribution >= 4 is 46.4 Å². The number of nitrogens with zero attached hydrogens (tertiary/aromatic N) is 1. The molecular weight excluding hydrogens is 230 g/mol. The summed E-state index contributed by atoms with van der Waals surface area (Å²) < 4.78 is 0. The van der Waals surface area contributed by atoms with E-state index >= 15 is 0 Å². The summed E-state index contributed by atoms with van der Waals surface area (Å²) in [4.78, 5) is 0. The minimum absolute atomic E-state index is 0.159. The Bertz CT molecular complexity index is 268. The number of rotatable bonds is 1. The lowest BCUT2D eigenvalue weighted by molar-refractivity contribution is 1.01. The maximum Gasteiger partial charge on any atom is 0.116 e. The lowest BCUT2D eigenvalue weighted by Crippen LogP contribution is -1.95. The van der Waals surface area contributed by atoms with Gasteiger partial charge in [-0.25, -0.2) is 5.53 Å². The van der Waals surface area contributed by atoms with Crippen molar-refractivity contribution in [1.82, 2.24) is 0 Å². The SMILES string of the molecule is N=NC1=C(Cl)C(Cl)=C(Cl)C1Cl. The fraction of sp³-hybridized carbons (Fsp3) is 0.200. The van der Waals surface area contributed by atoms with Crippen molar-refractivity contribution in [2.24, 2.45) is 5.11 Å². The average Bonchev–Trinajstić information content (AvgIpc) is 2.17. The van der Waals surface area contributed by atoms with Gasteiger partial charge in [0.25, 0.3) is 0 Å². The van der Waals surface area contributed by atoms with E-state index in [0.717, 1.165) is 0 Å². The predicted octanol–water partition coefficient (Wildman–Crippen LogP) is 3.78. The van der Waals surface area contributed by atoms with Crippen LogP contribution in [0.3, 0.4) is 0 Å². The molecule has 6 heteroatoms. The van der Waals surface area contributed by atoms with Crippen LogP contribution in [-0.2, 0) is 0 Å². The lowest BCUT2D eigenvalue weighted by atomic mass is 10.4. The number of allylic oxidation sites excluding steroid dienone is 3. The molecule has 1 atom stereocenters. The van der Waals surface area contributed by atoms with E-state index in [0.29, 0.717) is 0 Å². The first kappa shape index (κ1) is 9.33. The van der Waals surface area contributed by atoms with Gasteiger partial charge in [-0.3, -0.25) is 0 Å². The average molecular weight is 232 g/mol. The Labute approximate surface area is 83.3 Å². The summed E-state index contributed by atoms with van der Waals surface area (Å²) in [7, 11) is 0. The Hall–Kier alpha value is 0.240. The molecule has 60 valence electrons. The summed E-state index contributed by atoms with van der Waals surface area (Å²) in [6, 6.07) is 0. The maximum absolute atomic E-state index is 6.70. The molecule has 0 aliphatic heterocycles. The van der Waals surface area contributed by atoms with Crippen LogP contribution in [0.25, 0.3) is 0 Å². The topological polar surface area (TPSA) is 36.2 Å². The predicted molar refractivity (Wildman–Crippen MR) is 46.4 cm³/mol. The molecule has 0 aromatic carbocycles. The zero-order chi connectivity index (χ0) is 8.59. The minimum Gasteiger partial charge on any atom is -0.205 e. The zero-order valence-corrected chi connectivity index (χ0v) is 8.06. The highest BCUT2D eigenvalue weighted by Gasteiger charge is 2.30. The molecule has 1 unspecified atom stereocenters. The zero-order valence-electron chi connectivity index (χ0n) is 5.04. The first-order valence-electron chi connectivity index (χ1n) is 2.56. The van der Waals surface area contributed by atoms with Crippen molar-refractivity contribution in [2.75, 3.05) is 0 Å². The van der Waals surface area contributed by atoms with Crippen LogP contribution in [0.1, 0.15) is 0 Å². The lowest BCUT2D eigenvalue weighted by Gasteiger charge is -1.98. The first-order valence-corrected chi connectivity index (χ1v) is 4.13. The number of nitrogens with one attached hydrogen (secondary N) is 1. The molecule has 0 heterocycles. The Morgan fingerprint density at radius 2 is 1.73 bits per heavy atom. The van der Waals surface area contributed by atoms with E-state index in [1.54, 1.807) is 0 Å². The monoisotopic (exact) mass is 230 g/mol. The quantitative estimate of drug-likeness (QED) is 0.527. The van der Waals surface area contributed by atoms with Crippen LogP contribution in [0.4, 0.5) is 0 Å². The number of alkyl halides is 1. The maximum atomic E-state index is 6.70. The normalized spacial score (nSPS) is 24.9. The van der Waals surface area contributed by atoms with Crippen molar-refractivity contribution in [2.45, 2.75) is 5.38 Å². The number of hydrogen-bond donors (Lipinski definition) is 1. The van der Waals surface area contributed by atoms with Gasteiger partial charge in [-0.05, 0) is 0 Å². The molecule has 0 amide bonds. The third-order valence-electron chi connectivity index (χ3n) is 1.21. The molecule has 11 heavy (non-hydrogen) atoms. The molecule has 0 radical (unpaired) electrons. The first-order chi connectivity index (χ1) is 5.09. The van der Waals surface area contributed by atoms with Gasteiger partial charge in [0.15, 0.2) is 0 Å². The molecule has 0 bridgehead atoms. The molecule has 0 fully saturated rings. The van der Waals surface area contributed by atoms with E-state index in [1.165, 1.54) is 0 Å². The summed E-state index contributed by atoms with van der Waals surface area (Å²) in [5.41, 5.74) is 6.89. The summed E-state index contributed by atoms with van der Waals surface area (Å²) in [5.74, 6) is 0. The van der Waals surface area contributed by atoms with Gasteiger partial charge in [0.2, 0.25) is 0 Å². The van der Waals surface area contributed by atoms with Crippen molar-refractivity contribution in [3.8, 4) is 0 Å². The van der Waals surface area contributed by atoms with Crippen molar-refractivity contribution in [3.63, 3.8) is 0 Å². The Morgan fingerprint density at radius 1 is 1.18 bits per heavy atom. The highest BCUT2D eigenvalue weighted by molar-refractivity contribution is 6.52. The van der Waals surface area contributed by atoms with Crippen LogP contribution in [0.2, 0.25) is 0 Å². The molecule has 1 rings (SSSR count). The van der Waals surface area contributed by atoms with Crippen LogP contribution in [0.15, 0.2) is 25.9 Å². The molecule has 0 aromatic rings. The van der Waals surface area contributed by atoms with E-state index in [4.69, 9.17) is 51.9 Å². The van der Waals surface area contributed by atoms with Gasteiger partial charge in [0.1, 0.15) is 11.1 Å². The van der Waals surface area contributed by atoms with E-state index < -0.39 is 5.38 Å². The van der Waals surface area contributed by atoms with Gasteiger partial charge in [-0.1, -0.05) is 34.8 Å². The second-order valence-corrected chi connectivity index (χ2v) is 3.44. The van der Waals surface area contributed by atoms with Gasteiger partial charge in [-0.2, -0.15) is 5.11 Å². The number of halogens is 4. The molecule has 1 aliphatic rings. The van der Waals surface area contributed by atoms with Crippen LogP contribution in [0.5, 0.6) is 0 Å². The van der Waals surface area contributed by atoms with Gasteiger partial charge >= 0.3 is 0 Å². The standard InChI is InChI=1S/C5H2Cl4N2/c6-1-2(7)4(9)5(11-10)3(1)8/h3,10H. The van der Waals surface area contributed by atoms with Gasteiger partial charge in [0.05, 0.1) is 15.1 Å². The van der Waals surface area contributed by atoms with E-state index in [9.17, 15) is 0 Å². The molecule has 1 N–H and O–H groups in total. The molecule has 2 nitrogen and oxygen atoms in total. The van der Waals surface area contributed by atoms with E-state index in [1.807, 2.05) is 0 Å². The third-order valence-corrected chi connectivity index (χ3v) is 3.12. The van der Waals surface area contributed by atoms with Crippen LogP contribution < -0.4 is 0 Å². The highest BCUT2D eigenvalue weighted by Crippen LogP contribution is 2.42. The van der Waals surface area contributed by atoms with Gasteiger partial charge in [0, 0.05) is 0 Å². The second kappa shape index (κ2) is 3.31. The second-order valence-electron chi connectivity index (χ2n) is 1.84. The fourth-order valence-corrected chi connectivity index (χ4v) is 1.75. The molecule has 0 aromatic heterocycles. The van der Waals surface area contributed by atoms with E-state index in [-0.39, 0.29) is 20.8 Å². The molecule has 0 saturated carbocycles. The fourth-order valence-electron chi connectivity index (χ4n) is 0.666. The summed E-state index contributed by atoms with van der Waals surface area (Å²) in [6.45, 7) is 0. The highest BCUT2D eigenvalue weighted by atomic mass is 35.5. The van der Waals surface area contributed by atoms with Crippen LogP contribution >= 0.6 is 46.4 Å². The van der Waals surface area contributed by atoms with Crippen LogP contribution in [-0.4, -0.2) is 5.38 Å². The minimum atomic E-state index is -0.672. The van der Waals surface area contributed by atoms with Crippen molar-refractivity contribution in [3.05, 3.63) is 20.8 Å².